The molecule has 8 heteroatoms. The summed E-state index contributed by atoms with van der Waals surface area (Å²) in [4.78, 5) is 35.5. The van der Waals surface area contributed by atoms with Crippen molar-refractivity contribution < 1.29 is 14.3 Å². The lowest BCUT2D eigenvalue weighted by Gasteiger charge is -2.30. The zero-order valence-corrected chi connectivity index (χ0v) is 17.1. The van der Waals surface area contributed by atoms with Crippen LogP contribution in [0.5, 0.6) is 0 Å². The van der Waals surface area contributed by atoms with E-state index in [0.717, 1.165) is 16.9 Å². The molecule has 1 atom stereocenters. The van der Waals surface area contributed by atoms with Gasteiger partial charge < -0.3 is 20.3 Å². The van der Waals surface area contributed by atoms with Crippen LogP contribution in [0, 0.1) is 13.8 Å². The van der Waals surface area contributed by atoms with Gasteiger partial charge in [0, 0.05) is 38.7 Å². The van der Waals surface area contributed by atoms with Crippen molar-refractivity contribution in [3.63, 3.8) is 0 Å². The summed E-state index contributed by atoms with van der Waals surface area (Å²) in [6.45, 7) is 5.20. The predicted molar refractivity (Wildman–Crippen MR) is 110 cm³/mol. The molecule has 1 saturated heterocycles. The summed E-state index contributed by atoms with van der Waals surface area (Å²) < 4.78 is 5.24. The molecule has 1 fully saturated rings. The van der Waals surface area contributed by atoms with Crippen molar-refractivity contribution >= 4 is 17.6 Å². The highest BCUT2D eigenvalue weighted by Crippen LogP contribution is 2.26. The summed E-state index contributed by atoms with van der Waals surface area (Å²) in [6.07, 6.45) is 4.32. The van der Waals surface area contributed by atoms with Crippen molar-refractivity contribution in [2.45, 2.75) is 32.2 Å². The van der Waals surface area contributed by atoms with Crippen molar-refractivity contribution in [3.8, 4) is 0 Å². The average Bonchev–Trinajstić information content (AvgIpc) is 3.10. The molecule has 3 rings (SSSR count). The Morgan fingerprint density at radius 1 is 1.24 bits per heavy atom. The van der Waals surface area contributed by atoms with E-state index in [2.05, 4.69) is 20.6 Å². The largest absolute Gasteiger partial charge is 0.385 e. The molecule has 1 aromatic heterocycles. The highest BCUT2D eigenvalue weighted by molar-refractivity contribution is 5.93. The van der Waals surface area contributed by atoms with Gasteiger partial charge in [-0.3, -0.25) is 9.78 Å². The van der Waals surface area contributed by atoms with Crippen LogP contribution < -0.4 is 10.6 Å². The van der Waals surface area contributed by atoms with Gasteiger partial charge in [0.2, 0.25) is 0 Å². The molecular formula is C21H27N5O3. The maximum atomic E-state index is 12.8. The molecule has 29 heavy (non-hydrogen) atoms. The first-order valence-electron chi connectivity index (χ1n) is 9.63. The predicted octanol–water partition coefficient (Wildman–Crippen LogP) is 2.54. The normalized spacial score (nSPS) is 18.5. The molecular weight excluding hydrogens is 370 g/mol. The molecule has 3 amide bonds. The Morgan fingerprint density at radius 2 is 2.07 bits per heavy atom. The lowest BCUT2D eigenvalue weighted by molar-refractivity contribution is 0.0766. The van der Waals surface area contributed by atoms with Crippen LogP contribution in [0.2, 0.25) is 0 Å². The molecule has 1 unspecified atom stereocenters. The van der Waals surface area contributed by atoms with E-state index in [1.54, 1.807) is 18.2 Å². The van der Waals surface area contributed by atoms with Crippen LogP contribution in [-0.4, -0.2) is 59.2 Å². The molecule has 0 bridgehead atoms. The number of likely N-dealkylation sites (tertiary alicyclic amines) is 1. The number of nitrogens with zero attached hydrogens (tertiary/aromatic N) is 3. The zero-order valence-electron chi connectivity index (χ0n) is 17.1. The summed E-state index contributed by atoms with van der Waals surface area (Å²) in [6, 6.07) is 7.31. The third kappa shape index (κ3) is 5.29. The van der Waals surface area contributed by atoms with E-state index in [4.69, 9.17) is 4.74 Å². The third-order valence-corrected chi connectivity index (χ3v) is 5.08. The van der Waals surface area contributed by atoms with Gasteiger partial charge in [0.05, 0.1) is 17.4 Å². The summed E-state index contributed by atoms with van der Waals surface area (Å²) >= 11 is 0. The zero-order chi connectivity index (χ0) is 20.9. The van der Waals surface area contributed by atoms with Crippen LogP contribution in [0.25, 0.3) is 0 Å². The molecule has 154 valence electrons. The fourth-order valence-corrected chi connectivity index (χ4v) is 3.50. The van der Waals surface area contributed by atoms with Gasteiger partial charge in [0.25, 0.3) is 5.91 Å². The number of aryl methyl sites for hydroxylation is 2. The molecule has 8 nitrogen and oxygen atoms in total. The minimum atomic E-state index is -0.558. The van der Waals surface area contributed by atoms with Crippen LogP contribution in [0.4, 0.5) is 10.5 Å². The van der Waals surface area contributed by atoms with Gasteiger partial charge in [-0.15, -0.1) is 0 Å². The number of methoxy groups -OCH3 is 1. The van der Waals surface area contributed by atoms with Gasteiger partial charge in [-0.05, 0) is 44.4 Å². The van der Waals surface area contributed by atoms with E-state index in [1.165, 1.54) is 6.20 Å². The lowest BCUT2D eigenvalue weighted by Crippen LogP contribution is -2.53. The second kappa shape index (κ2) is 9.00. The van der Waals surface area contributed by atoms with Crippen LogP contribution in [0.3, 0.4) is 0 Å². The monoisotopic (exact) mass is 397 g/mol. The minimum Gasteiger partial charge on any atom is -0.385 e. The number of urea groups is 1. The maximum Gasteiger partial charge on any atom is 0.319 e. The fraction of sp³-hybridized carbons (Fsp3) is 0.429. The Morgan fingerprint density at radius 3 is 2.76 bits per heavy atom. The molecule has 1 aliphatic heterocycles. The van der Waals surface area contributed by atoms with Gasteiger partial charge in [0.1, 0.15) is 5.69 Å². The number of hydrogen-bond acceptors (Lipinski definition) is 5. The molecule has 0 spiro atoms. The summed E-state index contributed by atoms with van der Waals surface area (Å²) in [5, 5.41) is 5.96. The van der Waals surface area contributed by atoms with Gasteiger partial charge in [-0.2, -0.15) is 0 Å². The highest BCUT2D eigenvalue weighted by Gasteiger charge is 2.41. The standard InChI is InChI=1S/C21H27N5O3/c1-15-5-4-6-17(11-15)24-20(28)25-21(8-10-29-3)7-9-26(14-21)19(27)18-13-22-16(2)12-23-18/h4-6,11-13H,7-10,14H2,1-3H3,(H2,24,25,28). The Kier molecular flexibility index (Phi) is 6.43. The number of carbonyl (C=O) groups excluding carboxylic acids is 2. The first-order chi connectivity index (χ1) is 13.9. The Bertz CT molecular complexity index is 871. The van der Waals surface area contributed by atoms with E-state index in [-0.39, 0.29) is 11.9 Å². The second-order valence-corrected chi connectivity index (χ2v) is 7.49. The molecule has 0 aliphatic carbocycles. The van der Waals surface area contributed by atoms with Crippen molar-refractivity contribution in [1.82, 2.24) is 20.2 Å². The van der Waals surface area contributed by atoms with E-state index < -0.39 is 5.54 Å². The van der Waals surface area contributed by atoms with Crippen molar-refractivity contribution in [2.75, 3.05) is 32.1 Å². The van der Waals surface area contributed by atoms with E-state index >= 15 is 0 Å². The second-order valence-electron chi connectivity index (χ2n) is 7.49. The number of amides is 3. The summed E-state index contributed by atoms with van der Waals surface area (Å²) in [5.41, 5.74) is 2.30. The molecule has 2 aromatic rings. The smallest absolute Gasteiger partial charge is 0.319 e. The van der Waals surface area contributed by atoms with Gasteiger partial charge in [-0.25, -0.2) is 9.78 Å². The Labute approximate surface area is 170 Å². The first-order valence-corrected chi connectivity index (χ1v) is 9.63. The molecule has 0 saturated carbocycles. The summed E-state index contributed by atoms with van der Waals surface area (Å²) in [5.74, 6) is -0.183. The molecule has 2 heterocycles. The molecule has 0 radical (unpaired) electrons. The van der Waals surface area contributed by atoms with Crippen LogP contribution >= 0.6 is 0 Å². The maximum absolute atomic E-state index is 12.8. The lowest BCUT2D eigenvalue weighted by atomic mass is 9.94. The number of nitrogens with one attached hydrogen (secondary N) is 2. The number of anilines is 1. The van der Waals surface area contributed by atoms with E-state index in [9.17, 15) is 9.59 Å². The van der Waals surface area contributed by atoms with Crippen LogP contribution in [0.1, 0.15) is 34.6 Å². The van der Waals surface area contributed by atoms with Crippen molar-refractivity contribution in [2.24, 2.45) is 0 Å². The van der Waals surface area contributed by atoms with Gasteiger partial charge in [-0.1, -0.05) is 12.1 Å². The van der Waals surface area contributed by atoms with Crippen molar-refractivity contribution in [1.29, 1.82) is 0 Å². The van der Waals surface area contributed by atoms with Crippen LogP contribution in [-0.2, 0) is 4.74 Å². The number of rotatable bonds is 6. The molecule has 1 aliphatic rings. The number of hydrogen-bond donors (Lipinski definition) is 2. The highest BCUT2D eigenvalue weighted by atomic mass is 16.5. The van der Waals surface area contributed by atoms with Crippen LogP contribution in [0.15, 0.2) is 36.7 Å². The van der Waals surface area contributed by atoms with Gasteiger partial charge >= 0.3 is 6.03 Å². The Hall–Kier alpha value is -3.00. The van der Waals surface area contributed by atoms with E-state index in [1.807, 2.05) is 38.1 Å². The quantitative estimate of drug-likeness (QED) is 0.781. The topological polar surface area (TPSA) is 96.5 Å². The Balaban J connectivity index is 1.69. The third-order valence-electron chi connectivity index (χ3n) is 5.08. The number of ether oxygens (including phenoxy) is 1. The average molecular weight is 397 g/mol. The molecule has 2 N–H and O–H groups in total. The van der Waals surface area contributed by atoms with Gasteiger partial charge in [0.15, 0.2) is 0 Å². The minimum absolute atomic E-state index is 0.183. The molecule has 1 aromatic carbocycles. The fourth-order valence-electron chi connectivity index (χ4n) is 3.50. The van der Waals surface area contributed by atoms with E-state index in [0.29, 0.717) is 38.2 Å². The van der Waals surface area contributed by atoms with Crippen molar-refractivity contribution in [3.05, 3.63) is 53.6 Å². The number of benzene rings is 1. The summed E-state index contributed by atoms with van der Waals surface area (Å²) in [7, 11) is 1.63. The SMILES string of the molecule is COCCC1(NC(=O)Nc2cccc(C)c2)CCN(C(=O)c2cnc(C)cn2)C1. The number of aromatic nitrogens is 2. The number of carbonyl (C=O) groups is 2. The first kappa shape index (κ1) is 20.7.